The van der Waals surface area contributed by atoms with E-state index >= 15 is 0 Å². The number of hydrogen-bond acceptors (Lipinski definition) is 4. The Bertz CT molecular complexity index is 669. The molecule has 6 nitrogen and oxygen atoms in total. The molecule has 25 heavy (non-hydrogen) atoms. The Hall–Kier alpha value is -2.06. The lowest BCUT2D eigenvalue weighted by Gasteiger charge is -2.42. The lowest BCUT2D eigenvalue weighted by molar-refractivity contribution is -0.153. The topological polar surface area (TPSA) is 70.1 Å². The number of ether oxygens (including phenoxy) is 1. The van der Waals surface area contributed by atoms with Gasteiger partial charge in [-0.2, -0.15) is 0 Å². The predicted octanol–water partition coefficient (Wildman–Crippen LogP) is 0.895. The number of aliphatic carboxylic acids is 1. The van der Waals surface area contributed by atoms with Crippen molar-refractivity contribution in [3.05, 3.63) is 35.4 Å². The number of amides is 1. The van der Waals surface area contributed by atoms with Crippen LogP contribution in [0.1, 0.15) is 12.0 Å². The van der Waals surface area contributed by atoms with Crippen molar-refractivity contribution < 1.29 is 28.2 Å². The van der Waals surface area contributed by atoms with Gasteiger partial charge in [0.15, 0.2) is 0 Å². The van der Waals surface area contributed by atoms with Crippen molar-refractivity contribution in [1.82, 2.24) is 9.80 Å². The molecule has 1 unspecified atom stereocenters. The molecule has 0 spiro atoms. The second-order valence-corrected chi connectivity index (χ2v) is 6.42. The molecule has 2 heterocycles. The van der Waals surface area contributed by atoms with Gasteiger partial charge < -0.3 is 14.7 Å². The SMILES string of the molecule is O=C(Cc1cc(F)ccc1F)N1CCN(C2(C(=O)O)CCOC2)CC1. The number of benzene rings is 1. The normalized spacial score (nSPS) is 24.5. The van der Waals surface area contributed by atoms with Crippen molar-refractivity contribution in [2.45, 2.75) is 18.4 Å². The number of hydrogen-bond donors (Lipinski definition) is 1. The van der Waals surface area contributed by atoms with Gasteiger partial charge in [0.1, 0.15) is 17.2 Å². The Balaban J connectivity index is 1.61. The molecule has 3 rings (SSSR count). The van der Waals surface area contributed by atoms with Crippen LogP contribution in [0.4, 0.5) is 8.78 Å². The Kier molecular flexibility index (Phi) is 5.01. The molecule has 1 N–H and O–H groups in total. The lowest BCUT2D eigenvalue weighted by atomic mass is 9.95. The summed E-state index contributed by atoms with van der Waals surface area (Å²) in [5.74, 6) is -2.40. The van der Waals surface area contributed by atoms with E-state index in [9.17, 15) is 23.5 Å². The summed E-state index contributed by atoms with van der Waals surface area (Å²) >= 11 is 0. The molecule has 1 aromatic carbocycles. The summed E-state index contributed by atoms with van der Waals surface area (Å²) in [6, 6.07) is 3.04. The van der Waals surface area contributed by atoms with Gasteiger partial charge in [-0.25, -0.2) is 8.78 Å². The molecule has 0 aliphatic carbocycles. The molecule has 136 valence electrons. The van der Waals surface area contributed by atoms with E-state index in [1.807, 2.05) is 4.90 Å². The number of rotatable bonds is 4. The minimum Gasteiger partial charge on any atom is -0.480 e. The summed E-state index contributed by atoms with van der Waals surface area (Å²) in [4.78, 5) is 27.4. The van der Waals surface area contributed by atoms with E-state index in [1.165, 1.54) is 0 Å². The molecular weight excluding hydrogens is 334 g/mol. The Morgan fingerprint density at radius 3 is 2.52 bits per heavy atom. The molecule has 2 aliphatic heterocycles. The maximum Gasteiger partial charge on any atom is 0.326 e. The van der Waals surface area contributed by atoms with Gasteiger partial charge in [0.2, 0.25) is 5.91 Å². The number of carbonyl (C=O) groups excluding carboxylic acids is 1. The number of nitrogens with zero attached hydrogens (tertiary/aromatic N) is 2. The summed E-state index contributed by atoms with van der Waals surface area (Å²) in [5.41, 5.74) is -0.997. The standard InChI is InChI=1S/C17H20F2N2O4/c18-13-1-2-14(19)12(9-13)10-15(22)20-4-6-21(7-5-20)17(16(23)24)3-8-25-11-17/h1-2,9H,3-8,10-11H2,(H,23,24). The van der Waals surface area contributed by atoms with E-state index in [-0.39, 0.29) is 24.5 Å². The molecule has 0 saturated carbocycles. The van der Waals surface area contributed by atoms with E-state index in [1.54, 1.807) is 4.90 Å². The van der Waals surface area contributed by atoms with Gasteiger partial charge >= 0.3 is 5.97 Å². The van der Waals surface area contributed by atoms with Crippen molar-refractivity contribution in [2.24, 2.45) is 0 Å². The molecule has 0 aromatic heterocycles. The minimum absolute atomic E-state index is 0.0265. The molecule has 8 heteroatoms. The Morgan fingerprint density at radius 1 is 1.20 bits per heavy atom. The van der Waals surface area contributed by atoms with Gasteiger partial charge in [0, 0.05) is 44.8 Å². The van der Waals surface area contributed by atoms with Crippen LogP contribution in [0.25, 0.3) is 0 Å². The van der Waals surface area contributed by atoms with Crippen LogP contribution in [0.3, 0.4) is 0 Å². The van der Waals surface area contributed by atoms with Gasteiger partial charge in [0.25, 0.3) is 0 Å². The zero-order valence-corrected chi connectivity index (χ0v) is 13.7. The van der Waals surface area contributed by atoms with E-state index in [0.29, 0.717) is 39.2 Å². The summed E-state index contributed by atoms with van der Waals surface area (Å²) in [6.45, 7) is 2.07. The molecule has 1 aromatic rings. The van der Waals surface area contributed by atoms with Crippen LogP contribution in [0.2, 0.25) is 0 Å². The first kappa shape index (κ1) is 17.8. The average molecular weight is 354 g/mol. The second-order valence-electron chi connectivity index (χ2n) is 6.42. The summed E-state index contributed by atoms with van der Waals surface area (Å²) in [6.07, 6.45) is 0.210. The predicted molar refractivity (Wildman–Crippen MR) is 84.0 cm³/mol. The fraction of sp³-hybridized carbons (Fsp3) is 0.529. The number of piperazine rings is 1. The third-order valence-electron chi connectivity index (χ3n) is 4.99. The van der Waals surface area contributed by atoms with Gasteiger partial charge in [-0.3, -0.25) is 14.5 Å². The van der Waals surface area contributed by atoms with Crippen molar-refractivity contribution in [3.8, 4) is 0 Å². The van der Waals surface area contributed by atoms with Crippen LogP contribution >= 0.6 is 0 Å². The van der Waals surface area contributed by atoms with Crippen LogP contribution in [0.15, 0.2) is 18.2 Å². The quantitative estimate of drug-likeness (QED) is 0.870. The van der Waals surface area contributed by atoms with E-state index in [0.717, 1.165) is 18.2 Å². The van der Waals surface area contributed by atoms with Crippen LogP contribution in [0, 0.1) is 11.6 Å². The Labute approximate surface area is 144 Å². The zero-order valence-electron chi connectivity index (χ0n) is 13.7. The van der Waals surface area contributed by atoms with Crippen molar-refractivity contribution in [2.75, 3.05) is 39.4 Å². The van der Waals surface area contributed by atoms with Gasteiger partial charge in [0.05, 0.1) is 13.0 Å². The van der Waals surface area contributed by atoms with E-state index in [2.05, 4.69) is 0 Å². The fourth-order valence-electron chi connectivity index (χ4n) is 3.44. The lowest BCUT2D eigenvalue weighted by Crippen LogP contribution is -2.62. The molecule has 2 saturated heterocycles. The maximum atomic E-state index is 13.7. The first-order chi connectivity index (χ1) is 11.9. The summed E-state index contributed by atoms with van der Waals surface area (Å²) in [7, 11) is 0. The number of carboxylic acid groups (broad SMARTS) is 1. The van der Waals surface area contributed by atoms with E-state index in [4.69, 9.17) is 4.74 Å². The molecule has 1 atom stereocenters. The van der Waals surface area contributed by atoms with Crippen LogP contribution in [-0.2, 0) is 20.7 Å². The monoisotopic (exact) mass is 354 g/mol. The third kappa shape index (κ3) is 3.50. The second kappa shape index (κ2) is 7.05. The minimum atomic E-state index is -1.02. The van der Waals surface area contributed by atoms with Crippen LogP contribution in [-0.4, -0.2) is 71.7 Å². The van der Waals surface area contributed by atoms with Crippen molar-refractivity contribution in [3.63, 3.8) is 0 Å². The molecule has 1 amide bonds. The zero-order chi connectivity index (χ0) is 18.0. The average Bonchev–Trinajstić information content (AvgIpc) is 3.09. The highest BCUT2D eigenvalue weighted by Crippen LogP contribution is 2.28. The summed E-state index contributed by atoms with van der Waals surface area (Å²) in [5, 5.41) is 9.56. The van der Waals surface area contributed by atoms with Gasteiger partial charge in [-0.15, -0.1) is 0 Å². The maximum absolute atomic E-state index is 13.7. The smallest absolute Gasteiger partial charge is 0.326 e. The molecular formula is C17H20F2N2O4. The van der Waals surface area contributed by atoms with Crippen molar-refractivity contribution >= 4 is 11.9 Å². The van der Waals surface area contributed by atoms with Crippen LogP contribution < -0.4 is 0 Å². The summed E-state index contributed by atoms with van der Waals surface area (Å²) < 4.78 is 32.2. The van der Waals surface area contributed by atoms with E-state index < -0.39 is 23.1 Å². The fourth-order valence-corrected chi connectivity index (χ4v) is 3.44. The largest absolute Gasteiger partial charge is 0.480 e. The van der Waals surface area contributed by atoms with Crippen LogP contribution in [0.5, 0.6) is 0 Å². The van der Waals surface area contributed by atoms with Crippen molar-refractivity contribution in [1.29, 1.82) is 0 Å². The first-order valence-electron chi connectivity index (χ1n) is 8.20. The highest BCUT2D eigenvalue weighted by molar-refractivity contribution is 5.80. The molecule has 0 bridgehead atoms. The third-order valence-corrected chi connectivity index (χ3v) is 4.99. The highest BCUT2D eigenvalue weighted by atomic mass is 19.1. The molecule has 2 fully saturated rings. The molecule has 0 radical (unpaired) electrons. The highest BCUT2D eigenvalue weighted by Gasteiger charge is 2.48. The number of halogens is 2. The van der Waals surface area contributed by atoms with Gasteiger partial charge in [-0.1, -0.05) is 0 Å². The number of carboxylic acids is 1. The molecule has 2 aliphatic rings. The van der Waals surface area contributed by atoms with Gasteiger partial charge in [-0.05, 0) is 18.2 Å². The Morgan fingerprint density at radius 2 is 1.92 bits per heavy atom. The number of carbonyl (C=O) groups is 2. The first-order valence-corrected chi connectivity index (χ1v) is 8.20.